The molecule has 3 rings (SSSR count). The molecule has 27 heavy (non-hydrogen) atoms. The summed E-state index contributed by atoms with van der Waals surface area (Å²) in [4.78, 5) is 4.11. The molecule has 0 aliphatic carbocycles. The summed E-state index contributed by atoms with van der Waals surface area (Å²) in [5, 5.41) is 6.18. The van der Waals surface area contributed by atoms with E-state index in [2.05, 4.69) is 19.5 Å². The van der Waals surface area contributed by atoms with Gasteiger partial charge in [0.1, 0.15) is 12.3 Å². The fourth-order valence-electron chi connectivity index (χ4n) is 2.37. The third kappa shape index (κ3) is 5.47. The van der Waals surface area contributed by atoms with Crippen molar-refractivity contribution in [3.05, 3.63) is 40.8 Å². The van der Waals surface area contributed by atoms with Gasteiger partial charge in [-0.05, 0) is 30.5 Å². The minimum Gasteiger partial charge on any atom is -0.372 e. The number of H-pyrrole nitrogens is 1. The molecule has 0 unspecified atom stereocenters. The highest BCUT2D eigenvalue weighted by atomic mass is 35.5. The van der Waals surface area contributed by atoms with Crippen LogP contribution in [0.3, 0.4) is 0 Å². The quantitative estimate of drug-likeness (QED) is 0.346. The summed E-state index contributed by atoms with van der Waals surface area (Å²) in [6.45, 7) is -0.918. The monoisotopic (exact) mass is 438 g/mol. The van der Waals surface area contributed by atoms with Gasteiger partial charge in [-0.2, -0.15) is 18.3 Å². The van der Waals surface area contributed by atoms with Crippen molar-refractivity contribution >= 4 is 51.7 Å². The zero-order valence-electron chi connectivity index (χ0n) is 13.8. The fourth-order valence-corrected chi connectivity index (χ4v) is 3.59. The van der Waals surface area contributed by atoms with Crippen LogP contribution in [0.25, 0.3) is 10.9 Å². The third-order valence-electron chi connectivity index (χ3n) is 3.58. The van der Waals surface area contributed by atoms with E-state index in [-0.39, 0.29) is 6.61 Å². The van der Waals surface area contributed by atoms with Crippen LogP contribution in [0.5, 0.6) is 0 Å². The summed E-state index contributed by atoms with van der Waals surface area (Å²) in [6.07, 6.45) is -0.523. The Morgan fingerprint density at radius 3 is 2.89 bits per heavy atom. The number of halogens is 5. The molecule has 0 aliphatic heterocycles. The van der Waals surface area contributed by atoms with Gasteiger partial charge < -0.3 is 14.4 Å². The third-order valence-corrected chi connectivity index (χ3v) is 5.09. The number of nitrogens with one attached hydrogen (secondary N) is 2. The number of rotatable bonds is 8. The molecule has 0 atom stereocenters. The molecule has 2 heterocycles. The minimum atomic E-state index is -4.31. The van der Waals surface area contributed by atoms with Gasteiger partial charge in [-0.25, -0.2) is 0 Å². The van der Waals surface area contributed by atoms with E-state index in [1.54, 1.807) is 6.20 Å². The molecule has 3 aromatic rings. The second kappa shape index (κ2) is 8.64. The molecule has 0 fully saturated rings. The summed E-state index contributed by atoms with van der Waals surface area (Å²) in [5.41, 5.74) is 1.54. The maximum absolute atomic E-state index is 12.0. The van der Waals surface area contributed by atoms with E-state index in [0.717, 1.165) is 15.8 Å². The van der Waals surface area contributed by atoms with Crippen LogP contribution >= 0.6 is 35.1 Å². The lowest BCUT2D eigenvalue weighted by molar-refractivity contribution is -0.174. The summed E-state index contributed by atoms with van der Waals surface area (Å²) >= 11 is 13.6. The second-order valence-corrected chi connectivity index (χ2v) is 7.28. The maximum Gasteiger partial charge on any atom is 0.411 e. The first-order valence-corrected chi connectivity index (χ1v) is 9.46. The van der Waals surface area contributed by atoms with E-state index in [0.29, 0.717) is 28.8 Å². The van der Waals surface area contributed by atoms with Gasteiger partial charge in [0.2, 0.25) is 0 Å². The highest BCUT2D eigenvalue weighted by Crippen LogP contribution is 2.32. The van der Waals surface area contributed by atoms with Gasteiger partial charge in [-0.3, -0.25) is 4.68 Å². The number of ether oxygens (including phenoxy) is 1. The van der Waals surface area contributed by atoms with Crippen LogP contribution in [0, 0.1) is 0 Å². The molecule has 0 spiro atoms. The Morgan fingerprint density at radius 1 is 1.30 bits per heavy atom. The number of anilines is 1. The highest BCUT2D eigenvalue weighted by Gasteiger charge is 2.27. The van der Waals surface area contributed by atoms with Gasteiger partial charge in [0.25, 0.3) is 0 Å². The lowest BCUT2D eigenvalue weighted by Gasteiger charge is -2.08. The second-order valence-electron chi connectivity index (χ2n) is 5.64. The van der Waals surface area contributed by atoms with E-state index in [1.807, 2.05) is 24.4 Å². The number of fused-ring (bicyclic) bond motifs is 1. The van der Waals surface area contributed by atoms with E-state index >= 15 is 0 Å². The van der Waals surface area contributed by atoms with Gasteiger partial charge in [0.05, 0.1) is 11.1 Å². The van der Waals surface area contributed by atoms with Crippen molar-refractivity contribution in [3.63, 3.8) is 0 Å². The molecule has 0 radical (unpaired) electrons. The number of benzene rings is 1. The predicted octanol–water partition coefficient (Wildman–Crippen LogP) is 5.76. The number of nitrogens with zero attached hydrogens (tertiary/aromatic N) is 2. The summed E-state index contributed by atoms with van der Waals surface area (Å²) in [5.74, 6) is 0. The number of aromatic amines is 1. The first-order valence-electron chi connectivity index (χ1n) is 7.89. The largest absolute Gasteiger partial charge is 0.411 e. The topological polar surface area (TPSA) is 54.9 Å². The van der Waals surface area contributed by atoms with Crippen molar-refractivity contribution in [2.75, 3.05) is 17.9 Å². The Balaban J connectivity index is 1.52. The van der Waals surface area contributed by atoms with E-state index in [4.69, 9.17) is 23.2 Å². The van der Waals surface area contributed by atoms with Gasteiger partial charge in [-0.15, -0.1) is 0 Å². The Morgan fingerprint density at radius 2 is 2.11 bits per heavy atom. The van der Waals surface area contributed by atoms with Crippen molar-refractivity contribution < 1.29 is 17.9 Å². The number of aromatic nitrogens is 3. The van der Waals surface area contributed by atoms with Gasteiger partial charge in [0.15, 0.2) is 5.15 Å². The minimum absolute atomic E-state index is 0.0227. The molecular formula is C16H15Cl2F3N4OS. The molecule has 11 heteroatoms. The van der Waals surface area contributed by atoms with Crippen molar-refractivity contribution in [2.45, 2.75) is 24.0 Å². The number of aryl methyl sites for hydroxylation is 1. The number of alkyl halides is 3. The molecule has 0 saturated carbocycles. The summed E-state index contributed by atoms with van der Waals surface area (Å²) < 4.78 is 45.2. The van der Waals surface area contributed by atoms with Crippen LogP contribution in [0.1, 0.15) is 6.42 Å². The smallest absolute Gasteiger partial charge is 0.372 e. The van der Waals surface area contributed by atoms with Crippen LogP contribution in [0.2, 0.25) is 10.2 Å². The van der Waals surface area contributed by atoms with Crippen molar-refractivity contribution in [1.82, 2.24) is 14.8 Å². The standard InChI is InChI=1S/C16H15Cl2F3N4OS/c17-10-2-3-11-12(6-10)22-8-14(11)27-24-13-7-23-25(15(13)18)4-1-5-26-9-16(19,20)21/h2-3,6-8,22,24H,1,4-5,9H2. The summed E-state index contributed by atoms with van der Waals surface area (Å²) in [6, 6.07) is 5.57. The Hall–Kier alpha value is -1.55. The first kappa shape index (κ1) is 20.2. The lowest BCUT2D eigenvalue weighted by Crippen LogP contribution is -2.18. The number of hydrogen-bond donors (Lipinski definition) is 2. The van der Waals surface area contributed by atoms with Gasteiger partial charge in [-0.1, -0.05) is 29.3 Å². The van der Waals surface area contributed by atoms with Crippen molar-refractivity contribution in [2.24, 2.45) is 0 Å². The first-order chi connectivity index (χ1) is 12.8. The fraction of sp³-hybridized carbons (Fsp3) is 0.312. The van der Waals surface area contributed by atoms with E-state index in [9.17, 15) is 13.2 Å². The average molecular weight is 439 g/mol. The average Bonchev–Trinajstić information content (AvgIpc) is 3.15. The number of hydrogen-bond acceptors (Lipinski definition) is 4. The molecular weight excluding hydrogens is 424 g/mol. The van der Waals surface area contributed by atoms with E-state index < -0.39 is 12.8 Å². The zero-order valence-corrected chi connectivity index (χ0v) is 16.1. The maximum atomic E-state index is 12.0. The molecule has 0 aliphatic rings. The molecule has 2 N–H and O–H groups in total. The molecule has 0 amide bonds. The Kier molecular flexibility index (Phi) is 6.46. The highest BCUT2D eigenvalue weighted by molar-refractivity contribution is 8.00. The predicted molar refractivity (Wildman–Crippen MR) is 102 cm³/mol. The Bertz CT molecular complexity index is 913. The molecule has 0 bridgehead atoms. The normalized spacial score (nSPS) is 12.0. The van der Waals surface area contributed by atoms with Crippen LogP contribution in [0.4, 0.5) is 18.9 Å². The SMILES string of the molecule is FC(F)(F)COCCCn1ncc(NSc2c[nH]c3cc(Cl)ccc23)c1Cl. The zero-order chi connectivity index (χ0) is 19.4. The van der Waals surface area contributed by atoms with Crippen molar-refractivity contribution in [1.29, 1.82) is 0 Å². The van der Waals surface area contributed by atoms with Crippen LogP contribution in [-0.2, 0) is 11.3 Å². The van der Waals surface area contributed by atoms with Gasteiger partial charge >= 0.3 is 6.18 Å². The molecule has 5 nitrogen and oxygen atoms in total. The van der Waals surface area contributed by atoms with Crippen LogP contribution in [0.15, 0.2) is 35.5 Å². The molecule has 0 saturated heterocycles. The lowest BCUT2D eigenvalue weighted by atomic mass is 10.2. The molecule has 146 valence electrons. The molecule has 2 aromatic heterocycles. The van der Waals surface area contributed by atoms with E-state index in [1.165, 1.54) is 16.6 Å². The molecule has 1 aromatic carbocycles. The van der Waals surface area contributed by atoms with Crippen LogP contribution in [-0.4, -0.2) is 34.2 Å². The van der Waals surface area contributed by atoms with Gasteiger partial charge in [0, 0.05) is 35.3 Å². The Labute approximate surface area is 167 Å². The summed E-state index contributed by atoms with van der Waals surface area (Å²) in [7, 11) is 0. The van der Waals surface area contributed by atoms with Crippen molar-refractivity contribution in [3.8, 4) is 0 Å². The van der Waals surface area contributed by atoms with Crippen LogP contribution < -0.4 is 4.72 Å².